The molecule has 0 radical (unpaired) electrons. The van der Waals surface area contributed by atoms with Crippen molar-refractivity contribution in [2.45, 2.75) is 13.1 Å². The highest BCUT2D eigenvalue weighted by atomic mass is 19.4. The molecular formula is C11H13F3N2O. The van der Waals surface area contributed by atoms with Gasteiger partial charge < -0.3 is 10.6 Å². The fourth-order valence-electron chi connectivity index (χ4n) is 1.41. The largest absolute Gasteiger partial charge is 0.406 e. The number of anilines is 1. The Balaban J connectivity index is 2.93. The average Bonchev–Trinajstić information content (AvgIpc) is 2.18. The number of carbonyl (C=O) groups excluding carboxylic acids is 1. The van der Waals surface area contributed by atoms with E-state index in [1.165, 1.54) is 6.07 Å². The van der Waals surface area contributed by atoms with Crippen molar-refractivity contribution in [1.29, 1.82) is 0 Å². The van der Waals surface area contributed by atoms with Crippen LogP contribution in [0.1, 0.15) is 15.9 Å². The number of aryl methyl sites for hydroxylation is 1. The van der Waals surface area contributed by atoms with E-state index in [4.69, 9.17) is 5.73 Å². The lowest BCUT2D eigenvalue weighted by Gasteiger charge is -2.20. The van der Waals surface area contributed by atoms with Gasteiger partial charge in [0.05, 0.1) is 5.56 Å². The molecule has 94 valence electrons. The van der Waals surface area contributed by atoms with Crippen molar-refractivity contribution in [1.82, 2.24) is 4.90 Å². The van der Waals surface area contributed by atoms with Crippen molar-refractivity contribution in [3.63, 3.8) is 0 Å². The van der Waals surface area contributed by atoms with Crippen LogP contribution in [0.5, 0.6) is 0 Å². The maximum Gasteiger partial charge on any atom is 0.406 e. The number of rotatable bonds is 2. The maximum atomic E-state index is 12.1. The summed E-state index contributed by atoms with van der Waals surface area (Å²) >= 11 is 0. The van der Waals surface area contributed by atoms with Gasteiger partial charge in [0.2, 0.25) is 0 Å². The van der Waals surface area contributed by atoms with Crippen molar-refractivity contribution in [3.05, 3.63) is 29.3 Å². The molecule has 1 aromatic rings. The van der Waals surface area contributed by atoms with Gasteiger partial charge in [0.25, 0.3) is 5.91 Å². The van der Waals surface area contributed by atoms with Crippen molar-refractivity contribution >= 4 is 11.6 Å². The van der Waals surface area contributed by atoms with Gasteiger partial charge in [0.15, 0.2) is 0 Å². The molecule has 2 N–H and O–H groups in total. The average molecular weight is 246 g/mol. The molecule has 0 unspecified atom stereocenters. The quantitative estimate of drug-likeness (QED) is 0.813. The normalized spacial score (nSPS) is 11.4. The highest BCUT2D eigenvalue weighted by Crippen LogP contribution is 2.21. The zero-order valence-corrected chi connectivity index (χ0v) is 9.51. The Morgan fingerprint density at radius 1 is 1.41 bits per heavy atom. The summed E-state index contributed by atoms with van der Waals surface area (Å²) in [5, 5.41) is 0. The van der Waals surface area contributed by atoms with Crippen molar-refractivity contribution < 1.29 is 18.0 Å². The van der Waals surface area contributed by atoms with E-state index in [0.29, 0.717) is 10.5 Å². The molecule has 0 spiro atoms. The van der Waals surface area contributed by atoms with E-state index < -0.39 is 18.6 Å². The number of alkyl halides is 3. The summed E-state index contributed by atoms with van der Waals surface area (Å²) in [5.74, 6) is -0.733. The Kier molecular flexibility index (Phi) is 3.65. The molecule has 0 aliphatic carbocycles. The topological polar surface area (TPSA) is 46.3 Å². The number of nitrogens with two attached hydrogens (primary N) is 1. The zero-order chi connectivity index (χ0) is 13.2. The van der Waals surface area contributed by atoms with Crippen LogP contribution in [0.25, 0.3) is 0 Å². The number of carbonyl (C=O) groups is 1. The highest BCUT2D eigenvalue weighted by molar-refractivity contribution is 5.99. The third-order valence-electron chi connectivity index (χ3n) is 2.32. The summed E-state index contributed by atoms with van der Waals surface area (Å²) in [5.41, 5.74) is 6.63. The second-order valence-corrected chi connectivity index (χ2v) is 3.81. The molecule has 3 nitrogen and oxygen atoms in total. The minimum Gasteiger partial charge on any atom is -0.398 e. The van der Waals surface area contributed by atoms with E-state index in [9.17, 15) is 18.0 Å². The molecule has 17 heavy (non-hydrogen) atoms. The Hall–Kier alpha value is -1.72. The molecule has 0 heterocycles. The first-order valence-electron chi connectivity index (χ1n) is 4.89. The van der Waals surface area contributed by atoms with Crippen LogP contribution in [-0.2, 0) is 0 Å². The summed E-state index contributed by atoms with van der Waals surface area (Å²) in [6.07, 6.45) is -4.41. The summed E-state index contributed by atoms with van der Waals surface area (Å²) in [4.78, 5) is 12.3. The SMILES string of the molecule is Cc1cccc(C(=O)N(C)CC(F)(F)F)c1N. The van der Waals surface area contributed by atoms with E-state index in [1.54, 1.807) is 19.1 Å². The predicted molar refractivity (Wildman–Crippen MR) is 58.6 cm³/mol. The number of nitrogen functional groups attached to an aromatic ring is 1. The van der Waals surface area contributed by atoms with E-state index in [-0.39, 0.29) is 11.3 Å². The van der Waals surface area contributed by atoms with Gasteiger partial charge in [-0.2, -0.15) is 13.2 Å². The van der Waals surface area contributed by atoms with Gasteiger partial charge in [-0.1, -0.05) is 12.1 Å². The van der Waals surface area contributed by atoms with Gasteiger partial charge in [0.1, 0.15) is 6.54 Å². The van der Waals surface area contributed by atoms with Crippen LogP contribution in [-0.4, -0.2) is 30.6 Å². The first-order valence-corrected chi connectivity index (χ1v) is 4.89. The molecular weight excluding hydrogens is 233 g/mol. The first-order chi connectivity index (χ1) is 7.72. The van der Waals surface area contributed by atoms with Crippen LogP contribution in [0.2, 0.25) is 0 Å². The lowest BCUT2D eigenvalue weighted by molar-refractivity contribution is -0.138. The minimum atomic E-state index is -4.41. The van der Waals surface area contributed by atoms with E-state index in [2.05, 4.69) is 0 Å². The third kappa shape index (κ3) is 3.37. The van der Waals surface area contributed by atoms with Gasteiger partial charge >= 0.3 is 6.18 Å². The van der Waals surface area contributed by atoms with Crippen LogP contribution >= 0.6 is 0 Å². The lowest BCUT2D eigenvalue weighted by Crippen LogP contribution is -2.36. The Morgan fingerprint density at radius 3 is 2.53 bits per heavy atom. The van der Waals surface area contributed by atoms with Crippen LogP contribution in [0.3, 0.4) is 0 Å². The fourth-order valence-corrected chi connectivity index (χ4v) is 1.41. The third-order valence-corrected chi connectivity index (χ3v) is 2.32. The highest BCUT2D eigenvalue weighted by Gasteiger charge is 2.31. The number of hydrogen-bond acceptors (Lipinski definition) is 2. The van der Waals surface area contributed by atoms with Crippen LogP contribution in [0.15, 0.2) is 18.2 Å². The molecule has 0 aliphatic heterocycles. The van der Waals surface area contributed by atoms with E-state index >= 15 is 0 Å². The molecule has 0 aliphatic rings. The van der Waals surface area contributed by atoms with Gasteiger partial charge in [-0.25, -0.2) is 0 Å². The lowest BCUT2D eigenvalue weighted by atomic mass is 10.1. The molecule has 0 aromatic heterocycles. The van der Waals surface area contributed by atoms with Gasteiger partial charge in [0, 0.05) is 12.7 Å². The van der Waals surface area contributed by atoms with Gasteiger partial charge in [-0.3, -0.25) is 4.79 Å². The number of para-hydroxylation sites is 1. The molecule has 1 amide bonds. The van der Waals surface area contributed by atoms with Crippen molar-refractivity contribution in [2.24, 2.45) is 0 Å². The fraction of sp³-hybridized carbons (Fsp3) is 0.364. The monoisotopic (exact) mass is 246 g/mol. The van der Waals surface area contributed by atoms with Gasteiger partial charge in [-0.15, -0.1) is 0 Å². The molecule has 1 aromatic carbocycles. The second kappa shape index (κ2) is 4.65. The smallest absolute Gasteiger partial charge is 0.398 e. The summed E-state index contributed by atoms with van der Waals surface area (Å²) < 4.78 is 36.4. The Morgan fingerprint density at radius 2 is 2.00 bits per heavy atom. The molecule has 1 rings (SSSR count). The Labute approximate surface area is 97.0 Å². The summed E-state index contributed by atoms with van der Waals surface area (Å²) in [6.45, 7) is 0.398. The Bertz CT molecular complexity index is 429. The van der Waals surface area contributed by atoms with Crippen LogP contribution in [0.4, 0.5) is 18.9 Å². The van der Waals surface area contributed by atoms with E-state index in [0.717, 1.165) is 7.05 Å². The first kappa shape index (κ1) is 13.3. The van der Waals surface area contributed by atoms with Crippen LogP contribution in [0, 0.1) is 6.92 Å². The molecule has 0 bridgehead atoms. The number of amides is 1. The van der Waals surface area contributed by atoms with Crippen LogP contribution < -0.4 is 5.73 Å². The van der Waals surface area contributed by atoms with Gasteiger partial charge in [-0.05, 0) is 18.6 Å². The standard InChI is InChI=1S/C11H13F3N2O/c1-7-4-3-5-8(9(7)15)10(17)16(2)6-11(12,13)14/h3-5H,6,15H2,1-2H3. The minimum absolute atomic E-state index is 0.0942. The van der Waals surface area contributed by atoms with Crippen molar-refractivity contribution in [2.75, 3.05) is 19.3 Å². The predicted octanol–water partition coefficient (Wildman–Crippen LogP) is 2.21. The number of hydrogen-bond donors (Lipinski definition) is 1. The molecule has 0 saturated heterocycles. The summed E-state index contributed by atoms with van der Waals surface area (Å²) in [7, 11) is 1.09. The van der Waals surface area contributed by atoms with E-state index in [1.807, 2.05) is 0 Å². The molecule has 0 fully saturated rings. The molecule has 6 heteroatoms. The van der Waals surface area contributed by atoms with Crippen molar-refractivity contribution in [3.8, 4) is 0 Å². The molecule has 0 saturated carbocycles. The number of nitrogens with zero attached hydrogens (tertiary/aromatic N) is 1. The maximum absolute atomic E-state index is 12.1. The second-order valence-electron chi connectivity index (χ2n) is 3.81. The molecule has 0 atom stereocenters. The number of benzene rings is 1. The summed E-state index contributed by atoms with van der Waals surface area (Å²) in [6, 6.07) is 4.69. The number of halogens is 3. The zero-order valence-electron chi connectivity index (χ0n) is 9.51.